The minimum absolute atomic E-state index is 0.714. The summed E-state index contributed by atoms with van der Waals surface area (Å²) in [5.74, 6) is 0. The van der Waals surface area contributed by atoms with E-state index in [-0.39, 0.29) is 0 Å². The van der Waals surface area contributed by atoms with E-state index in [1.165, 1.54) is 0 Å². The highest BCUT2D eigenvalue weighted by atomic mass is 35.5. The van der Waals surface area contributed by atoms with E-state index in [9.17, 15) is 0 Å². The Morgan fingerprint density at radius 3 is 2.88 bits per heavy atom. The number of benzene rings is 1. The summed E-state index contributed by atoms with van der Waals surface area (Å²) in [7, 11) is 0. The number of thiophene rings is 1. The Bertz CT molecular complexity index is 569. The fourth-order valence-corrected chi connectivity index (χ4v) is 2.35. The molecular formula is C13H11ClN2S. The van der Waals surface area contributed by atoms with E-state index in [4.69, 9.17) is 16.9 Å². The quantitative estimate of drug-likeness (QED) is 0.900. The van der Waals surface area contributed by atoms with Crippen LogP contribution in [0.4, 0.5) is 5.69 Å². The topological polar surface area (TPSA) is 35.8 Å². The van der Waals surface area contributed by atoms with Gasteiger partial charge in [0.05, 0.1) is 5.56 Å². The molecule has 2 nitrogen and oxygen atoms in total. The number of aryl methyl sites for hydroxylation is 1. The Labute approximate surface area is 109 Å². The number of nitrogens with one attached hydrogen (secondary N) is 1. The van der Waals surface area contributed by atoms with Gasteiger partial charge in [0, 0.05) is 27.5 Å². The van der Waals surface area contributed by atoms with Crippen LogP contribution in [0.3, 0.4) is 0 Å². The zero-order chi connectivity index (χ0) is 12.3. The van der Waals surface area contributed by atoms with Crippen molar-refractivity contribution < 1.29 is 0 Å². The van der Waals surface area contributed by atoms with E-state index in [0.29, 0.717) is 12.1 Å². The summed E-state index contributed by atoms with van der Waals surface area (Å²) in [4.78, 5) is 1.14. The Kier molecular flexibility index (Phi) is 3.68. The van der Waals surface area contributed by atoms with Crippen LogP contribution in [0.15, 0.2) is 29.6 Å². The first-order valence-corrected chi connectivity index (χ1v) is 6.42. The number of hydrogen-bond donors (Lipinski definition) is 1. The number of anilines is 1. The molecule has 1 heterocycles. The molecule has 1 aromatic heterocycles. The molecule has 86 valence electrons. The lowest BCUT2D eigenvalue weighted by atomic mass is 10.2. The SMILES string of the molecule is Cc1ccc(NCc2cc(C#N)cs2)cc1Cl. The van der Waals surface area contributed by atoms with Crippen molar-refractivity contribution >= 4 is 28.6 Å². The summed E-state index contributed by atoms with van der Waals surface area (Å²) in [5, 5.41) is 14.6. The fourth-order valence-electron chi connectivity index (χ4n) is 1.42. The smallest absolute Gasteiger partial charge is 0.100 e. The maximum atomic E-state index is 8.72. The van der Waals surface area contributed by atoms with Crippen LogP contribution in [0.2, 0.25) is 5.02 Å². The summed E-state index contributed by atoms with van der Waals surface area (Å²) in [6.45, 7) is 2.69. The van der Waals surface area contributed by atoms with E-state index in [2.05, 4.69) is 11.4 Å². The second-order valence-corrected chi connectivity index (χ2v) is 5.13. The van der Waals surface area contributed by atoms with Crippen LogP contribution in [0.1, 0.15) is 16.0 Å². The average molecular weight is 263 g/mol. The van der Waals surface area contributed by atoms with Crippen molar-refractivity contribution in [1.29, 1.82) is 5.26 Å². The van der Waals surface area contributed by atoms with Crippen LogP contribution in [0.5, 0.6) is 0 Å². The lowest BCUT2D eigenvalue weighted by molar-refractivity contribution is 1.19. The Hall–Kier alpha value is -1.50. The molecule has 0 bridgehead atoms. The maximum Gasteiger partial charge on any atom is 0.100 e. The lowest BCUT2D eigenvalue weighted by Crippen LogP contribution is -1.97. The van der Waals surface area contributed by atoms with Crippen LogP contribution in [0, 0.1) is 18.3 Å². The van der Waals surface area contributed by atoms with Gasteiger partial charge in [-0.3, -0.25) is 0 Å². The second-order valence-electron chi connectivity index (χ2n) is 3.73. The Morgan fingerprint density at radius 1 is 1.41 bits per heavy atom. The molecule has 1 aromatic carbocycles. The van der Waals surface area contributed by atoms with Crippen molar-refractivity contribution in [1.82, 2.24) is 0 Å². The first-order valence-electron chi connectivity index (χ1n) is 5.16. The molecule has 0 radical (unpaired) electrons. The number of halogens is 1. The lowest BCUT2D eigenvalue weighted by Gasteiger charge is -2.06. The van der Waals surface area contributed by atoms with Crippen molar-refractivity contribution in [2.45, 2.75) is 13.5 Å². The summed E-state index contributed by atoms with van der Waals surface area (Å²) >= 11 is 7.62. The minimum atomic E-state index is 0.714. The molecule has 0 aliphatic rings. The van der Waals surface area contributed by atoms with Crippen LogP contribution >= 0.6 is 22.9 Å². The van der Waals surface area contributed by atoms with Crippen molar-refractivity contribution in [3.8, 4) is 6.07 Å². The third kappa shape index (κ3) is 3.00. The molecular weight excluding hydrogens is 252 g/mol. The standard InChI is InChI=1S/C13H11ClN2S/c1-9-2-3-11(5-13(9)14)16-7-12-4-10(6-15)8-17-12/h2-5,8,16H,7H2,1H3. The molecule has 17 heavy (non-hydrogen) atoms. The summed E-state index contributed by atoms with van der Waals surface area (Å²) in [5.41, 5.74) is 2.78. The summed E-state index contributed by atoms with van der Waals surface area (Å²) in [6, 6.07) is 9.92. The molecule has 0 spiro atoms. The molecule has 2 rings (SSSR count). The van der Waals surface area contributed by atoms with Gasteiger partial charge in [-0.05, 0) is 30.7 Å². The maximum absolute atomic E-state index is 8.72. The van der Waals surface area contributed by atoms with Gasteiger partial charge in [0.1, 0.15) is 6.07 Å². The van der Waals surface area contributed by atoms with E-state index in [0.717, 1.165) is 21.2 Å². The van der Waals surface area contributed by atoms with Crippen LogP contribution in [0.25, 0.3) is 0 Å². The van der Waals surface area contributed by atoms with Gasteiger partial charge in [0.2, 0.25) is 0 Å². The third-order valence-electron chi connectivity index (χ3n) is 2.42. The van der Waals surface area contributed by atoms with Crippen LogP contribution in [-0.4, -0.2) is 0 Å². The Morgan fingerprint density at radius 2 is 2.24 bits per heavy atom. The largest absolute Gasteiger partial charge is 0.380 e. The van der Waals surface area contributed by atoms with E-state index < -0.39 is 0 Å². The van der Waals surface area contributed by atoms with Gasteiger partial charge in [0.25, 0.3) is 0 Å². The normalized spacial score (nSPS) is 9.94. The number of nitrogens with zero attached hydrogens (tertiary/aromatic N) is 1. The predicted molar refractivity (Wildman–Crippen MR) is 72.5 cm³/mol. The van der Waals surface area contributed by atoms with Gasteiger partial charge in [-0.25, -0.2) is 0 Å². The number of rotatable bonds is 3. The zero-order valence-corrected chi connectivity index (χ0v) is 10.9. The zero-order valence-electron chi connectivity index (χ0n) is 9.33. The highest BCUT2D eigenvalue weighted by molar-refractivity contribution is 7.10. The summed E-state index contributed by atoms with van der Waals surface area (Å²) < 4.78 is 0. The molecule has 0 unspecified atom stereocenters. The molecule has 0 saturated heterocycles. The third-order valence-corrected chi connectivity index (χ3v) is 3.77. The highest BCUT2D eigenvalue weighted by Crippen LogP contribution is 2.21. The minimum Gasteiger partial charge on any atom is -0.380 e. The molecule has 0 aliphatic heterocycles. The van der Waals surface area contributed by atoms with E-state index in [1.807, 2.05) is 36.6 Å². The Balaban J connectivity index is 2.02. The molecule has 0 amide bonds. The van der Waals surface area contributed by atoms with Crippen molar-refractivity contribution in [3.63, 3.8) is 0 Å². The number of nitriles is 1. The average Bonchev–Trinajstić information content (AvgIpc) is 2.79. The van der Waals surface area contributed by atoms with E-state index >= 15 is 0 Å². The molecule has 0 atom stereocenters. The monoisotopic (exact) mass is 262 g/mol. The molecule has 1 N–H and O–H groups in total. The van der Waals surface area contributed by atoms with E-state index in [1.54, 1.807) is 11.3 Å². The van der Waals surface area contributed by atoms with Gasteiger partial charge in [-0.15, -0.1) is 11.3 Å². The fraction of sp³-hybridized carbons (Fsp3) is 0.154. The van der Waals surface area contributed by atoms with Gasteiger partial charge < -0.3 is 5.32 Å². The number of hydrogen-bond acceptors (Lipinski definition) is 3. The van der Waals surface area contributed by atoms with Crippen LogP contribution in [-0.2, 0) is 6.54 Å². The predicted octanol–water partition coefficient (Wildman–Crippen LogP) is 4.19. The summed E-state index contributed by atoms with van der Waals surface area (Å²) in [6.07, 6.45) is 0. The molecule has 0 aliphatic carbocycles. The van der Waals surface area contributed by atoms with Gasteiger partial charge in [-0.1, -0.05) is 17.7 Å². The molecule has 2 aromatic rings. The molecule has 4 heteroatoms. The van der Waals surface area contributed by atoms with Crippen molar-refractivity contribution in [2.75, 3.05) is 5.32 Å². The van der Waals surface area contributed by atoms with Gasteiger partial charge >= 0.3 is 0 Å². The van der Waals surface area contributed by atoms with Crippen LogP contribution < -0.4 is 5.32 Å². The van der Waals surface area contributed by atoms with Crippen molar-refractivity contribution in [2.24, 2.45) is 0 Å². The molecule has 0 saturated carbocycles. The van der Waals surface area contributed by atoms with Gasteiger partial charge in [0.15, 0.2) is 0 Å². The molecule has 0 fully saturated rings. The first-order chi connectivity index (χ1) is 8.19. The van der Waals surface area contributed by atoms with Gasteiger partial charge in [-0.2, -0.15) is 5.26 Å². The highest BCUT2D eigenvalue weighted by Gasteiger charge is 2.00. The second kappa shape index (κ2) is 5.22. The van der Waals surface area contributed by atoms with Crippen molar-refractivity contribution in [3.05, 3.63) is 50.7 Å². The first kappa shape index (κ1) is 12.0.